The number of anilines is 1. The van der Waals surface area contributed by atoms with E-state index in [1.165, 1.54) is 0 Å². The highest BCUT2D eigenvalue weighted by Crippen LogP contribution is 2.09. The fourth-order valence-corrected chi connectivity index (χ4v) is 2.91. The average molecular weight is 367 g/mol. The minimum Gasteiger partial charge on any atom is -0.342 e. The lowest BCUT2D eigenvalue weighted by molar-refractivity contribution is -0.133. The maximum Gasteiger partial charge on any atom is 0.240 e. The summed E-state index contributed by atoms with van der Waals surface area (Å²) in [5, 5.41) is 6.00. The van der Waals surface area contributed by atoms with Gasteiger partial charge in [-0.1, -0.05) is 48.0 Å². The van der Waals surface area contributed by atoms with Gasteiger partial charge in [0.1, 0.15) is 0 Å². The molecule has 0 fully saturated rings. The van der Waals surface area contributed by atoms with E-state index in [0.717, 1.165) is 16.8 Å². The number of likely N-dealkylation sites (N-methyl/N-ethyl adjacent to an activating group) is 1. The van der Waals surface area contributed by atoms with E-state index in [0.29, 0.717) is 19.5 Å². The molecule has 27 heavy (non-hydrogen) atoms. The maximum absolute atomic E-state index is 12.8. The number of hydrogen-bond donors (Lipinski definition) is 2. The second-order valence-electron chi connectivity index (χ2n) is 6.55. The third kappa shape index (κ3) is 6.53. The molecule has 144 valence electrons. The standard InChI is InChI=1S/C22H29N3O2/c1-4-25(5-2)22(27)20(15-18-9-7-6-8-10-18)23-16-21(26)24-19-13-11-17(3)12-14-19/h6-14,20,23H,4-5,15-16H2,1-3H3,(H,24,26)/t20-/m0/s1. The zero-order valence-electron chi connectivity index (χ0n) is 16.4. The van der Waals surface area contributed by atoms with Gasteiger partial charge in [-0.3, -0.25) is 14.9 Å². The SMILES string of the molecule is CCN(CC)C(=O)[C@H](Cc1ccccc1)NCC(=O)Nc1ccc(C)cc1. The number of nitrogens with zero attached hydrogens (tertiary/aromatic N) is 1. The van der Waals surface area contributed by atoms with Crippen molar-refractivity contribution in [3.05, 3.63) is 65.7 Å². The lowest BCUT2D eigenvalue weighted by atomic mass is 10.0. The van der Waals surface area contributed by atoms with E-state index in [2.05, 4.69) is 10.6 Å². The van der Waals surface area contributed by atoms with Crippen molar-refractivity contribution >= 4 is 17.5 Å². The molecular weight excluding hydrogens is 338 g/mol. The van der Waals surface area contributed by atoms with Crippen molar-refractivity contribution in [1.82, 2.24) is 10.2 Å². The molecule has 2 rings (SSSR count). The number of aryl methyl sites for hydroxylation is 1. The smallest absolute Gasteiger partial charge is 0.240 e. The van der Waals surface area contributed by atoms with Gasteiger partial charge in [-0.2, -0.15) is 0 Å². The van der Waals surface area contributed by atoms with Gasteiger partial charge in [0.05, 0.1) is 12.6 Å². The Balaban J connectivity index is 2.00. The van der Waals surface area contributed by atoms with Gasteiger partial charge < -0.3 is 10.2 Å². The Labute approximate surface area is 161 Å². The lowest BCUT2D eigenvalue weighted by Gasteiger charge is -2.26. The van der Waals surface area contributed by atoms with Gasteiger partial charge in [0.25, 0.3) is 0 Å². The Hall–Kier alpha value is -2.66. The molecule has 0 aliphatic heterocycles. The Bertz CT molecular complexity index is 725. The molecule has 2 aromatic carbocycles. The van der Waals surface area contributed by atoms with Gasteiger partial charge in [-0.05, 0) is 44.9 Å². The van der Waals surface area contributed by atoms with Crippen LogP contribution in [0.1, 0.15) is 25.0 Å². The Morgan fingerprint density at radius 3 is 2.19 bits per heavy atom. The van der Waals surface area contributed by atoms with Crippen molar-refractivity contribution in [3.63, 3.8) is 0 Å². The molecule has 0 bridgehead atoms. The van der Waals surface area contributed by atoms with Crippen LogP contribution in [0.3, 0.4) is 0 Å². The molecule has 0 aliphatic rings. The predicted molar refractivity (Wildman–Crippen MR) is 110 cm³/mol. The molecule has 5 heteroatoms. The minimum absolute atomic E-state index is 0.0204. The molecule has 0 radical (unpaired) electrons. The summed E-state index contributed by atoms with van der Waals surface area (Å²) in [7, 11) is 0. The number of rotatable bonds is 9. The van der Waals surface area contributed by atoms with Gasteiger partial charge >= 0.3 is 0 Å². The number of nitrogens with one attached hydrogen (secondary N) is 2. The molecular formula is C22H29N3O2. The van der Waals surface area contributed by atoms with E-state index >= 15 is 0 Å². The fourth-order valence-electron chi connectivity index (χ4n) is 2.91. The molecule has 0 unspecified atom stereocenters. The summed E-state index contributed by atoms with van der Waals surface area (Å²) >= 11 is 0. The third-order valence-electron chi connectivity index (χ3n) is 4.50. The molecule has 5 nitrogen and oxygen atoms in total. The maximum atomic E-state index is 12.8. The van der Waals surface area contributed by atoms with E-state index in [1.54, 1.807) is 4.90 Å². The van der Waals surface area contributed by atoms with Crippen LogP contribution in [0.25, 0.3) is 0 Å². The van der Waals surface area contributed by atoms with Crippen LogP contribution in [-0.4, -0.2) is 42.4 Å². The summed E-state index contributed by atoms with van der Waals surface area (Å²) in [6.07, 6.45) is 0.550. The summed E-state index contributed by atoms with van der Waals surface area (Å²) in [6.45, 7) is 7.31. The van der Waals surface area contributed by atoms with Crippen molar-refractivity contribution in [2.75, 3.05) is 25.0 Å². The molecule has 0 heterocycles. The molecule has 0 spiro atoms. The number of hydrogen-bond acceptors (Lipinski definition) is 3. The first-order chi connectivity index (χ1) is 13.0. The number of carbonyl (C=O) groups excluding carboxylic acids is 2. The summed E-state index contributed by atoms with van der Waals surface area (Å²) in [4.78, 5) is 26.9. The summed E-state index contributed by atoms with van der Waals surface area (Å²) in [5.41, 5.74) is 2.95. The summed E-state index contributed by atoms with van der Waals surface area (Å²) < 4.78 is 0. The normalized spacial score (nSPS) is 11.7. The molecule has 0 aliphatic carbocycles. The number of amides is 2. The Kier molecular flexibility index (Phi) is 8.01. The molecule has 0 aromatic heterocycles. The van der Waals surface area contributed by atoms with E-state index in [1.807, 2.05) is 75.4 Å². The summed E-state index contributed by atoms with van der Waals surface area (Å²) in [5.74, 6) is -0.142. The van der Waals surface area contributed by atoms with Crippen LogP contribution in [0.4, 0.5) is 5.69 Å². The van der Waals surface area contributed by atoms with Crippen LogP contribution in [0.5, 0.6) is 0 Å². The van der Waals surface area contributed by atoms with Gasteiger partial charge in [-0.25, -0.2) is 0 Å². The quantitative estimate of drug-likeness (QED) is 0.716. The van der Waals surface area contributed by atoms with E-state index in [-0.39, 0.29) is 18.4 Å². The largest absolute Gasteiger partial charge is 0.342 e. The highest BCUT2D eigenvalue weighted by molar-refractivity contribution is 5.93. The van der Waals surface area contributed by atoms with Crippen LogP contribution in [0, 0.1) is 6.92 Å². The van der Waals surface area contributed by atoms with E-state index in [4.69, 9.17) is 0 Å². The highest BCUT2D eigenvalue weighted by Gasteiger charge is 2.23. The predicted octanol–water partition coefficient (Wildman–Crippen LogP) is 3.00. The van der Waals surface area contributed by atoms with Gasteiger partial charge in [0.2, 0.25) is 11.8 Å². The zero-order chi connectivity index (χ0) is 19.6. The molecule has 0 saturated carbocycles. The average Bonchev–Trinajstić information content (AvgIpc) is 2.68. The van der Waals surface area contributed by atoms with Crippen molar-refractivity contribution in [3.8, 4) is 0 Å². The second-order valence-corrected chi connectivity index (χ2v) is 6.55. The van der Waals surface area contributed by atoms with Gasteiger partial charge in [0, 0.05) is 18.8 Å². The highest BCUT2D eigenvalue weighted by atomic mass is 16.2. The van der Waals surface area contributed by atoms with Crippen LogP contribution in [0.2, 0.25) is 0 Å². The number of benzene rings is 2. The first-order valence-electron chi connectivity index (χ1n) is 9.46. The second kappa shape index (κ2) is 10.5. The lowest BCUT2D eigenvalue weighted by Crippen LogP contribution is -2.49. The third-order valence-corrected chi connectivity index (χ3v) is 4.50. The van der Waals surface area contributed by atoms with Gasteiger partial charge in [0.15, 0.2) is 0 Å². The van der Waals surface area contributed by atoms with Crippen molar-refractivity contribution < 1.29 is 9.59 Å². The minimum atomic E-state index is -0.434. The first-order valence-corrected chi connectivity index (χ1v) is 9.46. The zero-order valence-corrected chi connectivity index (χ0v) is 16.4. The van der Waals surface area contributed by atoms with E-state index in [9.17, 15) is 9.59 Å². The van der Waals surface area contributed by atoms with E-state index < -0.39 is 6.04 Å². The molecule has 2 amide bonds. The topological polar surface area (TPSA) is 61.4 Å². The molecule has 2 N–H and O–H groups in total. The van der Waals surface area contributed by atoms with Crippen LogP contribution >= 0.6 is 0 Å². The van der Waals surface area contributed by atoms with Crippen molar-refractivity contribution in [2.24, 2.45) is 0 Å². The van der Waals surface area contributed by atoms with Crippen LogP contribution in [-0.2, 0) is 16.0 Å². The molecule has 0 saturated heterocycles. The van der Waals surface area contributed by atoms with Crippen LogP contribution in [0.15, 0.2) is 54.6 Å². The van der Waals surface area contributed by atoms with Crippen molar-refractivity contribution in [1.29, 1.82) is 0 Å². The first kappa shape index (κ1) is 20.6. The van der Waals surface area contributed by atoms with Gasteiger partial charge in [-0.15, -0.1) is 0 Å². The molecule has 1 atom stereocenters. The monoisotopic (exact) mass is 367 g/mol. The number of carbonyl (C=O) groups is 2. The van der Waals surface area contributed by atoms with Crippen molar-refractivity contribution in [2.45, 2.75) is 33.2 Å². The summed E-state index contributed by atoms with van der Waals surface area (Å²) in [6, 6.07) is 17.1. The van der Waals surface area contributed by atoms with Crippen LogP contribution < -0.4 is 10.6 Å². The molecule has 2 aromatic rings. The Morgan fingerprint density at radius 2 is 1.59 bits per heavy atom. The Morgan fingerprint density at radius 1 is 0.963 bits per heavy atom. The fraction of sp³-hybridized carbons (Fsp3) is 0.364.